The monoisotopic (exact) mass is 529 g/mol. The van der Waals surface area contributed by atoms with Crippen molar-refractivity contribution in [1.29, 1.82) is 0 Å². The summed E-state index contributed by atoms with van der Waals surface area (Å²) in [4.78, 5) is 64.9. The summed E-state index contributed by atoms with van der Waals surface area (Å²) in [7, 11) is 0. The van der Waals surface area contributed by atoms with Crippen LogP contribution >= 0.6 is 0 Å². The zero-order chi connectivity index (χ0) is 28.7. The van der Waals surface area contributed by atoms with Crippen LogP contribution in [0.15, 0.2) is 4.99 Å². The number of carbonyl (C=O) groups is 5. The van der Waals surface area contributed by atoms with E-state index in [1.807, 2.05) is 20.8 Å². The molecule has 0 spiro atoms. The molecule has 0 aromatic rings. The van der Waals surface area contributed by atoms with Crippen molar-refractivity contribution in [3.05, 3.63) is 0 Å². The van der Waals surface area contributed by atoms with Crippen LogP contribution in [0.1, 0.15) is 66.2 Å². The van der Waals surface area contributed by atoms with Crippen molar-refractivity contribution in [2.24, 2.45) is 34.0 Å². The van der Waals surface area contributed by atoms with Crippen LogP contribution < -0.4 is 33.2 Å². The van der Waals surface area contributed by atoms with Gasteiger partial charge in [-0.3, -0.25) is 24.2 Å². The standard InChI is InChI=1S/C23H43N7O7/c1-5-13(4)18(30-19(33)14(24)7-6-10-27-23(25)26)21(35)29-16(11-12(2)3)20(34)28-15(22(36)37)8-9-17(31)32/h12-16,18H,5-11,24H2,1-4H3,(H,28,34)(H,29,35)(H,30,33)(H,31,32)(H,36,37)(H4,25,26,27). The minimum absolute atomic E-state index is 0.0476. The molecule has 0 saturated carbocycles. The highest BCUT2D eigenvalue weighted by Crippen LogP contribution is 2.12. The molecule has 0 heterocycles. The number of nitrogens with zero attached hydrogens (tertiary/aromatic N) is 1. The first kappa shape index (κ1) is 33.6. The lowest BCUT2D eigenvalue weighted by atomic mass is 9.96. The number of nitrogens with two attached hydrogens (primary N) is 3. The summed E-state index contributed by atoms with van der Waals surface area (Å²) in [6.07, 6.45) is 0.695. The second kappa shape index (κ2) is 17.1. The van der Waals surface area contributed by atoms with E-state index in [1.165, 1.54) is 0 Å². The van der Waals surface area contributed by atoms with Crippen LogP contribution in [0, 0.1) is 11.8 Å². The van der Waals surface area contributed by atoms with E-state index < -0.39 is 60.2 Å². The highest BCUT2D eigenvalue weighted by molar-refractivity contribution is 5.94. The van der Waals surface area contributed by atoms with E-state index in [4.69, 9.17) is 22.3 Å². The Morgan fingerprint density at radius 2 is 1.46 bits per heavy atom. The van der Waals surface area contributed by atoms with Crippen LogP contribution in [0.3, 0.4) is 0 Å². The van der Waals surface area contributed by atoms with E-state index in [9.17, 15) is 29.1 Å². The average Bonchev–Trinajstić information content (AvgIpc) is 2.80. The second-order valence-corrected chi connectivity index (χ2v) is 9.45. The van der Waals surface area contributed by atoms with E-state index in [2.05, 4.69) is 20.9 Å². The number of carboxylic acids is 2. The fourth-order valence-electron chi connectivity index (χ4n) is 3.37. The predicted molar refractivity (Wildman–Crippen MR) is 137 cm³/mol. The molecular weight excluding hydrogens is 486 g/mol. The quantitative estimate of drug-likeness (QED) is 0.0601. The summed E-state index contributed by atoms with van der Waals surface area (Å²) in [5, 5.41) is 25.8. The molecule has 0 aliphatic heterocycles. The molecule has 0 bridgehead atoms. The third-order valence-electron chi connectivity index (χ3n) is 5.70. The minimum atomic E-state index is -1.43. The molecule has 0 saturated heterocycles. The number of guanidine groups is 1. The van der Waals surface area contributed by atoms with E-state index in [0.29, 0.717) is 19.4 Å². The number of hydrogen-bond donors (Lipinski definition) is 8. The normalized spacial score (nSPS) is 15.0. The van der Waals surface area contributed by atoms with Crippen molar-refractivity contribution < 1.29 is 34.2 Å². The number of rotatable bonds is 18. The van der Waals surface area contributed by atoms with Gasteiger partial charge in [-0.2, -0.15) is 0 Å². The number of aliphatic carboxylic acids is 2. The van der Waals surface area contributed by atoms with E-state index in [1.54, 1.807) is 6.92 Å². The molecule has 5 atom stereocenters. The molecule has 14 nitrogen and oxygen atoms in total. The predicted octanol–water partition coefficient (Wildman–Crippen LogP) is -1.14. The first-order valence-corrected chi connectivity index (χ1v) is 12.4. The SMILES string of the molecule is CCC(C)C(NC(=O)C(N)CCCN=C(N)N)C(=O)NC(CC(C)C)C(=O)NC(CCC(=O)O)C(=O)O. The smallest absolute Gasteiger partial charge is 0.326 e. The Labute approximate surface area is 217 Å². The Morgan fingerprint density at radius 3 is 1.95 bits per heavy atom. The summed E-state index contributed by atoms with van der Waals surface area (Å²) in [6, 6.07) is -4.44. The van der Waals surface area contributed by atoms with Crippen LogP contribution in [-0.2, 0) is 24.0 Å². The number of carboxylic acid groups (broad SMARTS) is 2. The van der Waals surface area contributed by atoms with Crippen molar-refractivity contribution in [2.75, 3.05) is 6.54 Å². The molecule has 11 N–H and O–H groups in total. The molecule has 0 rings (SSSR count). The van der Waals surface area contributed by atoms with E-state index in [-0.39, 0.29) is 37.1 Å². The number of carbonyl (C=O) groups excluding carboxylic acids is 3. The van der Waals surface area contributed by atoms with Gasteiger partial charge in [0.05, 0.1) is 6.04 Å². The maximum atomic E-state index is 13.2. The third-order valence-corrected chi connectivity index (χ3v) is 5.70. The largest absolute Gasteiger partial charge is 0.481 e. The Balaban J connectivity index is 5.47. The van der Waals surface area contributed by atoms with Crippen molar-refractivity contribution in [3.63, 3.8) is 0 Å². The molecule has 0 fully saturated rings. The van der Waals surface area contributed by atoms with Gasteiger partial charge in [0.25, 0.3) is 0 Å². The molecule has 0 radical (unpaired) electrons. The summed E-state index contributed by atoms with van der Waals surface area (Å²) < 4.78 is 0. The van der Waals surface area contributed by atoms with Crippen molar-refractivity contribution >= 4 is 35.6 Å². The van der Waals surface area contributed by atoms with E-state index >= 15 is 0 Å². The maximum absolute atomic E-state index is 13.2. The average molecular weight is 530 g/mol. The summed E-state index contributed by atoms with van der Waals surface area (Å²) in [5.74, 6) is -4.93. The molecule has 0 aromatic carbocycles. The molecule has 5 unspecified atom stereocenters. The molecule has 3 amide bonds. The third kappa shape index (κ3) is 14.0. The van der Waals surface area contributed by atoms with Gasteiger partial charge in [0.2, 0.25) is 17.7 Å². The minimum Gasteiger partial charge on any atom is -0.481 e. The molecule has 0 aliphatic carbocycles. The molecular formula is C23H43N7O7. The van der Waals surface area contributed by atoms with Crippen LogP contribution in [0.5, 0.6) is 0 Å². The van der Waals surface area contributed by atoms with Gasteiger partial charge in [-0.1, -0.05) is 34.1 Å². The number of amides is 3. The summed E-state index contributed by atoms with van der Waals surface area (Å²) in [6.45, 7) is 7.54. The fraction of sp³-hybridized carbons (Fsp3) is 0.739. The second-order valence-electron chi connectivity index (χ2n) is 9.45. The number of nitrogens with one attached hydrogen (secondary N) is 3. The summed E-state index contributed by atoms with van der Waals surface area (Å²) >= 11 is 0. The van der Waals surface area contributed by atoms with Crippen LogP contribution in [0.2, 0.25) is 0 Å². The van der Waals surface area contributed by atoms with Crippen LogP contribution in [0.4, 0.5) is 0 Å². The van der Waals surface area contributed by atoms with Gasteiger partial charge in [0, 0.05) is 13.0 Å². The van der Waals surface area contributed by atoms with Gasteiger partial charge in [-0.25, -0.2) is 4.79 Å². The fourth-order valence-corrected chi connectivity index (χ4v) is 3.37. The zero-order valence-corrected chi connectivity index (χ0v) is 22.0. The first-order chi connectivity index (χ1) is 17.2. The molecule has 0 aromatic heterocycles. The van der Waals surface area contributed by atoms with Crippen LogP contribution in [-0.4, -0.2) is 76.5 Å². The van der Waals surface area contributed by atoms with Crippen molar-refractivity contribution in [2.45, 2.75) is 90.4 Å². The van der Waals surface area contributed by atoms with Gasteiger partial charge < -0.3 is 43.4 Å². The lowest BCUT2D eigenvalue weighted by molar-refractivity contribution is -0.143. The lowest BCUT2D eigenvalue weighted by Crippen LogP contribution is -2.58. The first-order valence-electron chi connectivity index (χ1n) is 12.4. The zero-order valence-electron chi connectivity index (χ0n) is 22.0. The molecule has 212 valence electrons. The van der Waals surface area contributed by atoms with Crippen molar-refractivity contribution in [1.82, 2.24) is 16.0 Å². The lowest BCUT2D eigenvalue weighted by Gasteiger charge is -2.28. The van der Waals surface area contributed by atoms with Gasteiger partial charge in [0.1, 0.15) is 18.1 Å². The number of hydrogen-bond acceptors (Lipinski definition) is 7. The highest BCUT2D eigenvalue weighted by Gasteiger charge is 2.32. The number of aliphatic imine (C=N–C) groups is 1. The molecule has 14 heteroatoms. The maximum Gasteiger partial charge on any atom is 0.326 e. The van der Waals surface area contributed by atoms with Gasteiger partial charge in [-0.15, -0.1) is 0 Å². The van der Waals surface area contributed by atoms with Gasteiger partial charge in [0.15, 0.2) is 5.96 Å². The highest BCUT2D eigenvalue weighted by atomic mass is 16.4. The Morgan fingerprint density at radius 1 is 0.865 bits per heavy atom. The van der Waals surface area contributed by atoms with Gasteiger partial charge in [-0.05, 0) is 37.5 Å². The van der Waals surface area contributed by atoms with Gasteiger partial charge >= 0.3 is 11.9 Å². The Kier molecular flexibility index (Phi) is 15.5. The van der Waals surface area contributed by atoms with E-state index in [0.717, 1.165) is 0 Å². The molecule has 37 heavy (non-hydrogen) atoms. The van der Waals surface area contributed by atoms with Crippen LogP contribution in [0.25, 0.3) is 0 Å². The Bertz CT molecular complexity index is 815. The summed E-state index contributed by atoms with van der Waals surface area (Å²) in [5.41, 5.74) is 16.5. The molecule has 0 aliphatic rings. The Hall–Kier alpha value is -3.42. The van der Waals surface area contributed by atoms with Crippen molar-refractivity contribution in [3.8, 4) is 0 Å². The topological polar surface area (TPSA) is 252 Å².